The molecule has 6 atom stereocenters. The fourth-order valence-electron chi connectivity index (χ4n) is 5.38. The normalized spacial score (nSPS) is 37.2. The maximum absolute atomic E-state index is 12.4. The zero-order valence-corrected chi connectivity index (χ0v) is 17.4. The Morgan fingerprint density at radius 2 is 1.96 bits per heavy atom. The van der Waals surface area contributed by atoms with Gasteiger partial charge in [-0.1, -0.05) is 6.92 Å². The largest absolute Gasteiger partial charge is 0.477 e. The van der Waals surface area contributed by atoms with Crippen LogP contribution in [0.25, 0.3) is 0 Å². The van der Waals surface area contributed by atoms with Crippen LogP contribution in [0, 0.1) is 11.8 Å². The van der Waals surface area contributed by atoms with Gasteiger partial charge in [0.25, 0.3) is 0 Å². The van der Waals surface area contributed by atoms with Crippen molar-refractivity contribution in [3.05, 3.63) is 10.6 Å². The molecule has 3 aliphatic heterocycles. The van der Waals surface area contributed by atoms with Gasteiger partial charge in [0.2, 0.25) is 5.91 Å². The number of rotatable bonds is 6. The number of hydrogen-bond donors (Lipinski definition) is 4. The molecule has 0 unspecified atom stereocenters. The van der Waals surface area contributed by atoms with Crippen molar-refractivity contribution < 1.29 is 19.8 Å². The van der Waals surface area contributed by atoms with E-state index in [2.05, 4.69) is 10.6 Å². The van der Waals surface area contributed by atoms with E-state index in [0.29, 0.717) is 17.3 Å². The highest BCUT2D eigenvalue weighted by molar-refractivity contribution is 8.03. The lowest BCUT2D eigenvalue weighted by Crippen LogP contribution is -2.63. The summed E-state index contributed by atoms with van der Waals surface area (Å²) in [5, 5.41) is 27.3. The van der Waals surface area contributed by atoms with E-state index in [1.807, 2.05) is 6.92 Å². The average Bonchev–Trinajstić information content (AvgIpc) is 3.17. The average molecular weight is 410 g/mol. The van der Waals surface area contributed by atoms with Crippen LogP contribution in [0.4, 0.5) is 0 Å². The molecule has 0 bridgehead atoms. The Hall–Kier alpha value is -1.09. The molecule has 0 spiro atoms. The molecule has 4 rings (SSSR count). The van der Waals surface area contributed by atoms with Crippen molar-refractivity contribution in [1.29, 1.82) is 0 Å². The number of β-lactam (4-membered cyclic amide) rings is 1. The molecule has 3 fully saturated rings. The van der Waals surface area contributed by atoms with Gasteiger partial charge in [-0.05, 0) is 52.1 Å². The summed E-state index contributed by atoms with van der Waals surface area (Å²) < 4.78 is 0. The van der Waals surface area contributed by atoms with E-state index in [1.54, 1.807) is 18.7 Å². The number of nitrogens with zero attached hydrogens (tertiary/aromatic N) is 1. The van der Waals surface area contributed by atoms with Crippen molar-refractivity contribution in [2.24, 2.45) is 11.8 Å². The van der Waals surface area contributed by atoms with Gasteiger partial charge >= 0.3 is 5.97 Å². The molecule has 1 amide bonds. The van der Waals surface area contributed by atoms with Gasteiger partial charge in [0.15, 0.2) is 0 Å². The lowest BCUT2D eigenvalue weighted by atomic mass is 9.79. The van der Waals surface area contributed by atoms with Gasteiger partial charge in [-0.2, -0.15) is 0 Å². The molecule has 4 N–H and O–H groups in total. The third-order valence-electron chi connectivity index (χ3n) is 6.80. The van der Waals surface area contributed by atoms with Gasteiger partial charge in [0.1, 0.15) is 5.70 Å². The van der Waals surface area contributed by atoms with E-state index >= 15 is 0 Å². The quantitative estimate of drug-likeness (QED) is 0.488. The van der Waals surface area contributed by atoms with Gasteiger partial charge in [-0.25, -0.2) is 4.79 Å². The number of carboxylic acid groups (broad SMARTS) is 1. The highest BCUT2D eigenvalue weighted by atomic mass is 32.2. The van der Waals surface area contributed by atoms with Gasteiger partial charge in [0, 0.05) is 28.2 Å². The number of carbonyl (C=O) groups excluding carboxylic acids is 1. The van der Waals surface area contributed by atoms with Crippen LogP contribution >= 0.6 is 11.8 Å². The van der Waals surface area contributed by atoms with E-state index in [0.717, 1.165) is 37.3 Å². The first-order valence-corrected chi connectivity index (χ1v) is 11.4. The Bertz CT molecular complexity index is 676. The molecule has 0 aromatic carbocycles. The number of carbonyl (C=O) groups is 2. The number of thioether (sulfide) groups is 1. The molecule has 8 heteroatoms. The van der Waals surface area contributed by atoms with E-state index in [1.165, 1.54) is 17.7 Å². The van der Waals surface area contributed by atoms with Crippen molar-refractivity contribution in [2.75, 3.05) is 13.1 Å². The zero-order valence-electron chi connectivity index (χ0n) is 16.6. The van der Waals surface area contributed by atoms with Gasteiger partial charge in [-0.15, -0.1) is 11.8 Å². The molecular formula is C20H31N3O4S. The predicted molar refractivity (Wildman–Crippen MR) is 108 cm³/mol. The summed E-state index contributed by atoms with van der Waals surface area (Å²) >= 11 is 1.66. The number of aliphatic hydroxyl groups is 1. The molecule has 0 aromatic rings. The van der Waals surface area contributed by atoms with E-state index < -0.39 is 18.0 Å². The monoisotopic (exact) mass is 409 g/mol. The summed E-state index contributed by atoms with van der Waals surface area (Å²) in [6, 6.07) is 0.863. The molecule has 1 saturated carbocycles. The van der Waals surface area contributed by atoms with Gasteiger partial charge in [-0.3, -0.25) is 4.79 Å². The number of carboxylic acids is 1. The van der Waals surface area contributed by atoms with Crippen LogP contribution in [-0.4, -0.2) is 69.6 Å². The molecule has 4 aliphatic rings. The Morgan fingerprint density at radius 3 is 2.61 bits per heavy atom. The zero-order chi connectivity index (χ0) is 20.0. The third kappa shape index (κ3) is 3.49. The molecule has 0 radical (unpaired) electrons. The molecule has 0 aromatic heterocycles. The maximum Gasteiger partial charge on any atom is 0.353 e. The summed E-state index contributed by atoms with van der Waals surface area (Å²) in [5.41, 5.74) is 0.152. The van der Waals surface area contributed by atoms with Crippen molar-refractivity contribution in [3.63, 3.8) is 0 Å². The number of aliphatic hydroxyl groups excluding tert-OH is 1. The summed E-state index contributed by atoms with van der Waals surface area (Å²) in [7, 11) is 0. The van der Waals surface area contributed by atoms with Crippen LogP contribution in [0.3, 0.4) is 0 Å². The molecule has 7 nitrogen and oxygen atoms in total. The summed E-state index contributed by atoms with van der Waals surface area (Å²) in [5.74, 6) is -1.81. The van der Waals surface area contributed by atoms with Crippen LogP contribution in [-0.2, 0) is 9.59 Å². The van der Waals surface area contributed by atoms with Crippen LogP contribution in [0.15, 0.2) is 10.6 Å². The number of aliphatic carboxylic acids is 1. The van der Waals surface area contributed by atoms with Crippen molar-refractivity contribution in [2.45, 2.75) is 75.4 Å². The smallest absolute Gasteiger partial charge is 0.353 e. The standard InChI is InChI=1S/C20H31N3O4S/c1-10-16-15(11(2)24)19(25)23(16)17(20(26)27)18(10)28-14-4-3-13(9-14)22-12-5-7-21-8-6-12/h10-16,21-22,24H,3-9H2,1-2H3,(H,26,27)/t10-,11-,13-,14-,15-,16-/m1/s1. The first-order chi connectivity index (χ1) is 13.4. The minimum absolute atomic E-state index is 0.0372. The first-order valence-electron chi connectivity index (χ1n) is 10.5. The number of fused-ring (bicyclic) bond motifs is 1. The van der Waals surface area contributed by atoms with E-state index in [9.17, 15) is 19.8 Å². The number of hydrogen-bond acceptors (Lipinski definition) is 6. The number of nitrogens with one attached hydrogen (secondary N) is 2. The van der Waals surface area contributed by atoms with Crippen molar-refractivity contribution in [3.8, 4) is 0 Å². The fourth-order valence-corrected chi connectivity index (χ4v) is 6.97. The molecular weight excluding hydrogens is 378 g/mol. The lowest BCUT2D eigenvalue weighted by molar-refractivity contribution is -0.163. The van der Waals surface area contributed by atoms with Crippen molar-refractivity contribution in [1.82, 2.24) is 15.5 Å². The van der Waals surface area contributed by atoms with Gasteiger partial charge in [0.05, 0.1) is 18.1 Å². The Balaban J connectivity index is 1.42. The molecule has 1 aliphatic carbocycles. The number of piperidine rings is 1. The second kappa shape index (κ2) is 7.97. The lowest BCUT2D eigenvalue weighted by Gasteiger charge is -2.46. The second-order valence-corrected chi connectivity index (χ2v) is 10.1. The number of amides is 1. The van der Waals surface area contributed by atoms with Crippen molar-refractivity contribution >= 4 is 23.6 Å². The summed E-state index contributed by atoms with van der Waals surface area (Å²) in [4.78, 5) is 26.6. The predicted octanol–water partition coefficient (Wildman–Crippen LogP) is 1.14. The highest BCUT2D eigenvalue weighted by Crippen LogP contribution is 2.52. The minimum Gasteiger partial charge on any atom is -0.477 e. The maximum atomic E-state index is 12.4. The Labute approximate surface area is 170 Å². The van der Waals surface area contributed by atoms with E-state index in [4.69, 9.17) is 0 Å². The topological polar surface area (TPSA) is 102 Å². The first kappa shape index (κ1) is 20.2. The van der Waals surface area contributed by atoms with Crippen LogP contribution in [0.2, 0.25) is 0 Å². The molecule has 28 heavy (non-hydrogen) atoms. The highest BCUT2D eigenvalue weighted by Gasteiger charge is 2.60. The minimum atomic E-state index is -1.03. The van der Waals surface area contributed by atoms with Crippen LogP contribution < -0.4 is 10.6 Å². The Kier molecular flexibility index (Phi) is 5.75. The fraction of sp³-hybridized carbons (Fsp3) is 0.800. The molecule has 2 saturated heterocycles. The SMILES string of the molecule is C[C@@H](O)[C@H]1C(=O)N2C(C(=O)O)=C(S[C@@H]3CC[C@@H](NC4CCNCC4)C3)[C@H](C)[C@H]12. The molecule has 3 heterocycles. The Morgan fingerprint density at radius 1 is 1.25 bits per heavy atom. The third-order valence-corrected chi connectivity index (χ3v) is 8.38. The van der Waals surface area contributed by atoms with Gasteiger partial charge < -0.3 is 25.7 Å². The van der Waals surface area contributed by atoms with E-state index in [-0.39, 0.29) is 23.6 Å². The molecule has 156 valence electrons. The van der Waals surface area contributed by atoms with Crippen LogP contribution in [0.1, 0.15) is 46.0 Å². The summed E-state index contributed by atoms with van der Waals surface area (Å²) in [6.07, 6.45) is 4.80. The summed E-state index contributed by atoms with van der Waals surface area (Å²) in [6.45, 7) is 5.76. The second-order valence-electron chi connectivity index (χ2n) is 8.71. The van der Waals surface area contributed by atoms with Crippen LogP contribution in [0.5, 0.6) is 0 Å².